The minimum atomic E-state index is 0. The van der Waals surface area contributed by atoms with E-state index in [4.69, 9.17) is 0 Å². The minimum Gasteiger partial charge on any atom is -0.331 e. The molecule has 1 aromatic heterocycles. The van der Waals surface area contributed by atoms with E-state index in [9.17, 15) is 4.79 Å². The summed E-state index contributed by atoms with van der Waals surface area (Å²) in [5.41, 5.74) is 2.40. The Morgan fingerprint density at radius 1 is 1.27 bits per heavy atom. The van der Waals surface area contributed by atoms with E-state index in [0.717, 1.165) is 37.4 Å². The highest BCUT2D eigenvalue weighted by atomic mass is 35.5. The average molecular weight is 341 g/mol. The Kier molecular flexibility index (Phi) is 4.81. The molecule has 5 heteroatoms. The van der Waals surface area contributed by atoms with Crippen molar-refractivity contribution in [3.8, 4) is 0 Å². The molecule has 3 atom stereocenters. The highest BCUT2D eigenvalue weighted by molar-refractivity contribution is 7.10. The van der Waals surface area contributed by atoms with Crippen LogP contribution in [-0.2, 0) is 12.8 Å². The van der Waals surface area contributed by atoms with E-state index in [0.29, 0.717) is 18.0 Å². The largest absolute Gasteiger partial charge is 0.331 e. The van der Waals surface area contributed by atoms with Crippen molar-refractivity contribution in [1.82, 2.24) is 10.2 Å². The lowest BCUT2D eigenvalue weighted by molar-refractivity contribution is 0.0679. The summed E-state index contributed by atoms with van der Waals surface area (Å²) in [5, 5.41) is 5.63. The second-order valence-electron chi connectivity index (χ2n) is 6.99. The maximum Gasteiger partial charge on any atom is 0.255 e. The van der Waals surface area contributed by atoms with Gasteiger partial charge in [0.05, 0.1) is 5.56 Å². The van der Waals surface area contributed by atoms with Gasteiger partial charge >= 0.3 is 0 Å². The van der Waals surface area contributed by atoms with Crippen LogP contribution in [0.1, 0.15) is 53.4 Å². The van der Waals surface area contributed by atoms with Crippen LogP contribution in [-0.4, -0.2) is 36.0 Å². The number of nitrogens with zero attached hydrogens (tertiary/aromatic N) is 1. The van der Waals surface area contributed by atoms with Gasteiger partial charge in [-0.2, -0.15) is 0 Å². The van der Waals surface area contributed by atoms with Crippen LogP contribution in [0.2, 0.25) is 0 Å². The Morgan fingerprint density at radius 3 is 2.95 bits per heavy atom. The molecule has 0 saturated carbocycles. The summed E-state index contributed by atoms with van der Waals surface area (Å²) in [6.07, 6.45) is 6.99. The Bertz CT molecular complexity index is 545. The molecular formula is C17H25ClN2OS. The topological polar surface area (TPSA) is 32.3 Å². The van der Waals surface area contributed by atoms with E-state index in [1.165, 1.54) is 36.1 Å². The number of carbonyl (C=O) groups is 1. The second-order valence-corrected chi connectivity index (χ2v) is 7.95. The first-order valence-electron chi connectivity index (χ1n) is 8.36. The first-order chi connectivity index (χ1) is 10.2. The number of hydrogen-bond acceptors (Lipinski definition) is 3. The van der Waals surface area contributed by atoms with Crippen LogP contribution in [0.5, 0.6) is 0 Å². The number of nitrogens with one attached hydrogen (secondary N) is 1. The summed E-state index contributed by atoms with van der Waals surface area (Å²) >= 11 is 1.81. The van der Waals surface area contributed by atoms with Gasteiger partial charge in [0, 0.05) is 28.9 Å². The fourth-order valence-corrected chi connectivity index (χ4v) is 5.55. The third-order valence-corrected chi connectivity index (χ3v) is 6.57. The number of rotatable bonds is 1. The van der Waals surface area contributed by atoms with Gasteiger partial charge in [-0.25, -0.2) is 0 Å². The predicted molar refractivity (Wildman–Crippen MR) is 93.2 cm³/mol. The maximum atomic E-state index is 13.1. The monoisotopic (exact) mass is 340 g/mol. The summed E-state index contributed by atoms with van der Waals surface area (Å²) in [4.78, 5) is 16.8. The summed E-state index contributed by atoms with van der Waals surface area (Å²) in [5.74, 6) is 1.09. The molecule has 2 saturated heterocycles. The number of hydrogen-bond donors (Lipinski definition) is 1. The highest BCUT2D eigenvalue weighted by Crippen LogP contribution is 2.36. The lowest BCUT2D eigenvalue weighted by Crippen LogP contribution is -2.42. The predicted octanol–water partition coefficient (Wildman–Crippen LogP) is 3.26. The Balaban J connectivity index is 0.00000144. The standard InChI is InChI=1S/C17H24N2OS.ClH/c1-11-2-5-14-15(10-21-16(14)8-11)17(20)19-12-3-4-13(19)9-18-7-6-12;/h10-13,18H,2-9H2,1H3;1H. The summed E-state index contributed by atoms with van der Waals surface area (Å²) in [6.45, 7) is 4.36. The van der Waals surface area contributed by atoms with Crippen LogP contribution < -0.4 is 5.32 Å². The molecule has 22 heavy (non-hydrogen) atoms. The van der Waals surface area contributed by atoms with E-state index in [-0.39, 0.29) is 12.4 Å². The zero-order valence-electron chi connectivity index (χ0n) is 13.1. The summed E-state index contributed by atoms with van der Waals surface area (Å²) in [6, 6.07) is 0.888. The van der Waals surface area contributed by atoms with Crippen LogP contribution in [0.4, 0.5) is 0 Å². The number of fused-ring (bicyclic) bond motifs is 3. The van der Waals surface area contributed by atoms with Gasteiger partial charge in [-0.3, -0.25) is 4.79 Å². The molecule has 1 aliphatic carbocycles. The molecule has 1 aromatic rings. The van der Waals surface area contributed by atoms with Gasteiger partial charge in [0.2, 0.25) is 0 Å². The normalized spacial score (nSPS) is 30.4. The Morgan fingerprint density at radius 2 is 2.09 bits per heavy atom. The zero-order chi connectivity index (χ0) is 14.4. The molecule has 0 spiro atoms. The van der Waals surface area contributed by atoms with Crippen molar-refractivity contribution < 1.29 is 4.79 Å². The van der Waals surface area contributed by atoms with Gasteiger partial charge in [-0.05, 0) is 56.6 Å². The smallest absolute Gasteiger partial charge is 0.255 e. The molecule has 2 bridgehead atoms. The minimum absolute atomic E-state index is 0. The molecule has 4 rings (SSSR count). The molecule has 1 N–H and O–H groups in total. The number of carbonyl (C=O) groups excluding carboxylic acids is 1. The summed E-state index contributed by atoms with van der Waals surface area (Å²) in [7, 11) is 0. The van der Waals surface area contributed by atoms with E-state index < -0.39 is 0 Å². The van der Waals surface area contributed by atoms with Crippen LogP contribution in [0.25, 0.3) is 0 Å². The van der Waals surface area contributed by atoms with Crippen molar-refractivity contribution in [1.29, 1.82) is 0 Å². The number of halogens is 1. The zero-order valence-corrected chi connectivity index (χ0v) is 14.8. The van der Waals surface area contributed by atoms with Crippen LogP contribution >= 0.6 is 23.7 Å². The fourth-order valence-electron chi connectivity index (χ4n) is 4.31. The molecular weight excluding hydrogens is 316 g/mol. The second kappa shape index (κ2) is 6.50. The van der Waals surface area contributed by atoms with Crippen molar-refractivity contribution in [3.63, 3.8) is 0 Å². The molecule has 1 amide bonds. The van der Waals surface area contributed by atoms with Crippen molar-refractivity contribution in [2.45, 2.75) is 57.5 Å². The lowest BCUT2D eigenvalue weighted by atomic mass is 9.88. The first-order valence-corrected chi connectivity index (χ1v) is 9.24. The van der Waals surface area contributed by atoms with Crippen LogP contribution in [0.3, 0.4) is 0 Å². The highest BCUT2D eigenvalue weighted by Gasteiger charge is 2.39. The average Bonchev–Trinajstić information content (AvgIpc) is 2.97. The molecule has 2 fully saturated rings. The Labute approximate surface area is 142 Å². The van der Waals surface area contributed by atoms with Gasteiger partial charge in [-0.15, -0.1) is 23.7 Å². The van der Waals surface area contributed by atoms with Gasteiger partial charge in [-0.1, -0.05) is 6.92 Å². The molecule has 0 aromatic carbocycles. The van der Waals surface area contributed by atoms with Crippen molar-refractivity contribution >= 4 is 29.7 Å². The molecule has 3 aliphatic rings. The molecule has 3 nitrogen and oxygen atoms in total. The first kappa shape index (κ1) is 16.3. The van der Waals surface area contributed by atoms with Crippen LogP contribution in [0, 0.1) is 5.92 Å². The maximum absolute atomic E-state index is 13.1. The van der Waals surface area contributed by atoms with E-state index >= 15 is 0 Å². The quantitative estimate of drug-likeness (QED) is 0.851. The summed E-state index contributed by atoms with van der Waals surface area (Å²) < 4.78 is 0. The van der Waals surface area contributed by atoms with Crippen molar-refractivity contribution in [2.75, 3.05) is 13.1 Å². The number of amides is 1. The van der Waals surface area contributed by atoms with Gasteiger partial charge < -0.3 is 10.2 Å². The van der Waals surface area contributed by atoms with Gasteiger partial charge in [0.15, 0.2) is 0 Å². The van der Waals surface area contributed by atoms with Crippen molar-refractivity contribution in [3.05, 3.63) is 21.4 Å². The van der Waals surface area contributed by atoms with Gasteiger partial charge in [0.25, 0.3) is 5.91 Å². The van der Waals surface area contributed by atoms with Crippen molar-refractivity contribution in [2.24, 2.45) is 5.92 Å². The molecule has 3 unspecified atom stereocenters. The Hall–Kier alpha value is -0.580. The lowest BCUT2D eigenvalue weighted by Gasteiger charge is -2.28. The van der Waals surface area contributed by atoms with E-state index in [1.54, 1.807) is 0 Å². The van der Waals surface area contributed by atoms with Gasteiger partial charge in [0.1, 0.15) is 0 Å². The third kappa shape index (κ3) is 2.70. The molecule has 122 valence electrons. The van der Waals surface area contributed by atoms with E-state index in [1.807, 2.05) is 11.3 Å². The molecule has 2 aliphatic heterocycles. The SMILES string of the molecule is CC1CCc2c(C(=O)N3C4CCNCC3CC4)csc2C1.Cl. The number of thiophene rings is 1. The fraction of sp³-hybridized carbons (Fsp3) is 0.706. The van der Waals surface area contributed by atoms with Crippen LogP contribution in [0.15, 0.2) is 5.38 Å². The van der Waals surface area contributed by atoms with E-state index in [2.05, 4.69) is 22.5 Å². The molecule has 0 radical (unpaired) electrons. The third-order valence-electron chi connectivity index (χ3n) is 5.52. The molecule has 3 heterocycles.